The molecule has 2 heterocycles. The van der Waals surface area contributed by atoms with Crippen molar-refractivity contribution in [3.8, 4) is 0 Å². The summed E-state index contributed by atoms with van der Waals surface area (Å²) >= 11 is 0. The molecular weight excluding hydrogens is 351 g/mol. The molecule has 1 aromatic carbocycles. The molecule has 0 bridgehead atoms. The molecule has 142 valence electrons. The second kappa shape index (κ2) is 8.22. The lowest BCUT2D eigenvalue weighted by Gasteiger charge is -2.23. The normalized spacial score (nSPS) is 16.4. The van der Waals surface area contributed by atoms with Gasteiger partial charge in [-0.05, 0) is 44.0 Å². The minimum absolute atomic E-state index is 0.0215. The Kier molecular flexibility index (Phi) is 5.75. The summed E-state index contributed by atoms with van der Waals surface area (Å²) < 4.78 is 17.9. The smallest absolute Gasteiger partial charge is 0.259 e. The summed E-state index contributed by atoms with van der Waals surface area (Å²) in [5.41, 5.74) is 1.33. The highest BCUT2D eigenvalue weighted by Crippen LogP contribution is 2.30. The molecule has 0 radical (unpaired) electrons. The lowest BCUT2D eigenvalue weighted by atomic mass is 10.1. The van der Waals surface area contributed by atoms with E-state index in [1.165, 1.54) is 37.6 Å². The first kappa shape index (κ1) is 18.9. The number of halogens is 1. The van der Waals surface area contributed by atoms with Gasteiger partial charge in [0.15, 0.2) is 5.82 Å². The molecule has 27 heavy (non-hydrogen) atoms. The highest BCUT2D eigenvalue weighted by atomic mass is 19.1. The number of likely N-dealkylation sites (tertiary alicyclic amines) is 1. The van der Waals surface area contributed by atoms with Crippen molar-refractivity contribution in [1.29, 1.82) is 0 Å². The minimum Gasteiger partial charge on any atom is -0.375 e. The van der Waals surface area contributed by atoms with Crippen molar-refractivity contribution in [3.63, 3.8) is 0 Å². The van der Waals surface area contributed by atoms with Crippen LogP contribution in [-0.2, 0) is 9.53 Å². The molecule has 0 saturated carbocycles. The van der Waals surface area contributed by atoms with Crippen molar-refractivity contribution < 1.29 is 18.7 Å². The van der Waals surface area contributed by atoms with Crippen molar-refractivity contribution in [2.24, 2.45) is 0 Å². The Balaban J connectivity index is 1.76. The van der Waals surface area contributed by atoms with E-state index in [1.54, 1.807) is 11.8 Å². The van der Waals surface area contributed by atoms with Crippen LogP contribution in [0.15, 0.2) is 30.5 Å². The third kappa shape index (κ3) is 4.28. The topological polar surface area (TPSA) is 84.4 Å². The van der Waals surface area contributed by atoms with Crippen molar-refractivity contribution >= 4 is 17.5 Å². The summed E-state index contributed by atoms with van der Waals surface area (Å²) in [7, 11) is 1.48. The molecule has 1 aliphatic rings. The third-order valence-corrected chi connectivity index (χ3v) is 4.48. The molecule has 8 heteroatoms. The van der Waals surface area contributed by atoms with Gasteiger partial charge in [-0.2, -0.15) is 0 Å². The second-order valence-corrected chi connectivity index (χ2v) is 6.37. The number of aromatic nitrogens is 2. The van der Waals surface area contributed by atoms with Gasteiger partial charge in [-0.1, -0.05) is 0 Å². The van der Waals surface area contributed by atoms with Crippen LogP contribution in [0.3, 0.4) is 0 Å². The molecule has 1 N–H and O–H groups in total. The fourth-order valence-electron chi connectivity index (χ4n) is 3.14. The molecule has 2 aromatic rings. The molecule has 1 aromatic heterocycles. The Labute approximate surface area is 156 Å². The summed E-state index contributed by atoms with van der Waals surface area (Å²) in [6, 6.07) is 5.30. The SMILES string of the molecule is COCC(=O)N1CCC[C@@H]1c1ncc(C(=O)Nc2ccc(F)cc2)c(C)n1. The molecule has 0 spiro atoms. The van der Waals surface area contributed by atoms with Crippen LogP contribution in [0.5, 0.6) is 0 Å². The average molecular weight is 372 g/mol. The predicted molar refractivity (Wildman–Crippen MR) is 96.7 cm³/mol. The van der Waals surface area contributed by atoms with E-state index in [2.05, 4.69) is 15.3 Å². The van der Waals surface area contributed by atoms with Crippen LogP contribution in [0.25, 0.3) is 0 Å². The molecule has 1 saturated heterocycles. The largest absolute Gasteiger partial charge is 0.375 e. The zero-order chi connectivity index (χ0) is 19.4. The number of carbonyl (C=O) groups is 2. The maximum Gasteiger partial charge on any atom is 0.259 e. The average Bonchev–Trinajstić information content (AvgIpc) is 3.13. The van der Waals surface area contributed by atoms with Crippen LogP contribution in [-0.4, -0.2) is 46.9 Å². The number of benzene rings is 1. The number of hydrogen-bond acceptors (Lipinski definition) is 5. The van der Waals surface area contributed by atoms with Crippen molar-refractivity contribution in [2.45, 2.75) is 25.8 Å². The molecule has 7 nitrogen and oxygen atoms in total. The van der Waals surface area contributed by atoms with Gasteiger partial charge in [0.05, 0.1) is 17.3 Å². The standard InChI is InChI=1S/C19H21FN4O3/c1-12-15(19(26)23-14-7-5-13(20)6-8-14)10-21-18(22-12)16-4-3-9-24(16)17(25)11-27-2/h5-8,10,16H,3-4,9,11H2,1-2H3,(H,23,26)/t16-/m1/s1. The van der Waals surface area contributed by atoms with E-state index in [1.807, 2.05) is 0 Å². The fraction of sp³-hybridized carbons (Fsp3) is 0.368. The van der Waals surface area contributed by atoms with Gasteiger partial charge in [0.1, 0.15) is 12.4 Å². The van der Waals surface area contributed by atoms with E-state index in [0.29, 0.717) is 29.3 Å². The van der Waals surface area contributed by atoms with Gasteiger partial charge in [-0.25, -0.2) is 14.4 Å². The van der Waals surface area contributed by atoms with Crippen molar-refractivity contribution in [2.75, 3.05) is 25.6 Å². The monoisotopic (exact) mass is 372 g/mol. The number of hydrogen-bond donors (Lipinski definition) is 1. The maximum absolute atomic E-state index is 13.0. The lowest BCUT2D eigenvalue weighted by molar-refractivity contribution is -0.136. The van der Waals surface area contributed by atoms with Crippen molar-refractivity contribution in [1.82, 2.24) is 14.9 Å². The predicted octanol–water partition coefficient (Wildman–Crippen LogP) is 2.49. The number of carbonyl (C=O) groups excluding carboxylic acids is 2. The quantitative estimate of drug-likeness (QED) is 0.872. The number of aryl methyl sites for hydroxylation is 1. The van der Waals surface area contributed by atoms with Gasteiger partial charge in [0.2, 0.25) is 5.91 Å². The highest BCUT2D eigenvalue weighted by molar-refractivity contribution is 6.04. The van der Waals surface area contributed by atoms with Crippen LogP contribution in [0.1, 0.15) is 40.8 Å². The molecule has 1 aliphatic heterocycles. The highest BCUT2D eigenvalue weighted by Gasteiger charge is 2.32. The zero-order valence-electron chi connectivity index (χ0n) is 15.2. The van der Waals surface area contributed by atoms with Gasteiger partial charge in [0, 0.05) is 25.5 Å². The number of ether oxygens (including phenoxy) is 1. The Morgan fingerprint density at radius 2 is 2.07 bits per heavy atom. The Morgan fingerprint density at radius 3 is 2.74 bits per heavy atom. The summed E-state index contributed by atoms with van der Waals surface area (Å²) in [6.07, 6.45) is 3.11. The van der Waals surface area contributed by atoms with Crippen LogP contribution in [0.4, 0.5) is 10.1 Å². The number of nitrogens with one attached hydrogen (secondary N) is 1. The van der Waals surface area contributed by atoms with Crippen LogP contribution < -0.4 is 5.32 Å². The Hall–Kier alpha value is -2.87. The van der Waals surface area contributed by atoms with E-state index < -0.39 is 0 Å². The van der Waals surface area contributed by atoms with E-state index in [9.17, 15) is 14.0 Å². The van der Waals surface area contributed by atoms with Gasteiger partial charge in [-0.15, -0.1) is 0 Å². The van der Waals surface area contributed by atoms with E-state index in [-0.39, 0.29) is 30.3 Å². The van der Waals surface area contributed by atoms with Crippen LogP contribution in [0, 0.1) is 12.7 Å². The van der Waals surface area contributed by atoms with Crippen LogP contribution in [0.2, 0.25) is 0 Å². The molecule has 3 rings (SSSR count). The lowest BCUT2D eigenvalue weighted by Crippen LogP contribution is -2.34. The molecule has 0 aliphatic carbocycles. The van der Waals surface area contributed by atoms with E-state index in [0.717, 1.165) is 12.8 Å². The Bertz CT molecular complexity index is 841. The fourth-order valence-corrected chi connectivity index (χ4v) is 3.14. The molecule has 1 fully saturated rings. The van der Waals surface area contributed by atoms with Gasteiger partial charge in [0.25, 0.3) is 5.91 Å². The molecular formula is C19H21FN4O3. The van der Waals surface area contributed by atoms with E-state index >= 15 is 0 Å². The van der Waals surface area contributed by atoms with Crippen LogP contribution >= 0.6 is 0 Å². The molecule has 2 amide bonds. The number of anilines is 1. The first-order valence-corrected chi connectivity index (χ1v) is 8.68. The molecule has 1 atom stereocenters. The maximum atomic E-state index is 13.0. The van der Waals surface area contributed by atoms with Crippen molar-refractivity contribution in [3.05, 3.63) is 53.4 Å². The van der Waals surface area contributed by atoms with E-state index in [4.69, 9.17) is 4.74 Å². The summed E-state index contributed by atoms with van der Waals surface area (Å²) in [4.78, 5) is 35.1. The number of rotatable bonds is 5. The third-order valence-electron chi connectivity index (χ3n) is 4.48. The van der Waals surface area contributed by atoms with Gasteiger partial charge < -0.3 is 15.0 Å². The van der Waals surface area contributed by atoms with Gasteiger partial charge in [-0.3, -0.25) is 9.59 Å². The summed E-state index contributed by atoms with van der Waals surface area (Å²) in [5.74, 6) is -0.322. The van der Waals surface area contributed by atoms with Gasteiger partial charge >= 0.3 is 0 Å². The second-order valence-electron chi connectivity index (χ2n) is 6.37. The summed E-state index contributed by atoms with van der Waals surface area (Å²) in [6.45, 7) is 2.39. The number of amides is 2. The number of methoxy groups -OCH3 is 1. The first-order chi connectivity index (χ1) is 13.0. The Morgan fingerprint density at radius 1 is 1.33 bits per heavy atom. The minimum atomic E-state index is -0.374. The number of nitrogens with zero attached hydrogens (tertiary/aromatic N) is 3. The summed E-state index contributed by atoms with van der Waals surface area (Å²) in [5, 5.41) is 2.69. The zero-order valence-corrected chi connectivity index (χ0v) is 15.2. The first-order valence-electron chi connectivity index (χ1n) is 8.68. The molecule has 0 unspecified atom stereocenters.